The van der Waals surface area contributed by atoms with Gasteiger partial charge < -0.3 is 10.8 Å². The standard InChI is InChI=1S/C12H16BrNO/c1-8-6-11(15)10(13)7-9(8)12(14)4-2-3-5-12/h6-7,15H,2-5,14H2,1H3. The molecule has 1 fully saturated rings. The van der Waals surface area contributed by atoms with E-state index in [9.17, 15) is 5.11 Å². The summed E-state index contributed by atoms with van der Waals surface area (Å²) < 4.78 is 0.736. The van der Waals surface area contributed by atoms with Crippen LogP contribution >= 0.6 is 15.9 Å². The maximum atomic E-state index is 9.56. The van der Waals surface area contributed by atoms with Gasteiger partial charge in [-0.05, 0) is 59.0 Å². The molecule has 0 atom stereocenters. The number of hydrogen-bond donors (Lipinski definition) is 2. The second-order valence-electron chi connectivity index (χ2n) is 4.48. The molecule has 2 nitrogen and oxygen atoms in total. The number of halogens is 1. The monoisotopic (exact) mass is 269 g/mol. The molecule has 82 valence electrons. The molecule has 1 aromatic rings. The third kappa shape index (κ3) is 1.91. The average molecular weight is 270 g/mol. The Labute approximate surface area is 98.6 Å². The highest BCUT2D eigenvalue weighted by molar-refractivity contribution is 9.10. The highest BCUT2D eigenvalue weighted by Crippen LogP contribution is 2.40. The second kappa shape index (κ2) is 3.80. The molecule has 3 N–H and O–H groups in total. The first-order valence-corrected chi connectivity index (χ1v) is 6.11. The van der Waals surface area contributed by atoms with Gasteiger partial charge in [0.05, 0.1) is 4.47 Å². The van der Waals surface area contributed by atoms with Crippen molar-refractivity contribution in [3.05, 3.63) is 27.7 Å². The normalized spacial score (nSPS) is 19.4. The molecule has 1 aliphatic rings. The zero-order valence-electron chi connectivity index (χ0n) is 8.89. The molecular formula is C12H16BrNO. The number of aromatic hydroxyl groups is 1. The Balaban J connectivity index is 2.48. The van der Waals surface area contributed by atoms with Crippen molar-refractivity contribution in [2.24, 2.45) is 5.73 Å². The smallest absolute Gasteiger partial charge is 0.130 e. The van der Waals surface area contributed by atoms with Gasteiger partial charge in [-0.2, -0.15) is 0 Å². The van der Waals surface area contributed by atoms with Gasteiger partial charge in [-0.25, -0.2) is 0 Å². The first-order valence-electron chi connectivity index (χ1n) is 5.31. The maximum Gasteiger partial charge on any atom is 0.130 e. The van der Waals surface area contributed by atoms with Crippen molar-refractivity contribution in [3.8, 4) is 5.75 Å². The maximum absolute atomic E-state index is 9.56. The molecule has 1 aliphatic carbocycles. The van der Waals surface area contributed by atoms with Crippen LogP contribution in [0.4, 0.5) is 0 Å². The number of benzene rings is 1. The Hall–Kier alpha value is -0.540. The highest BCUT2D eigenvalue weighted by atomic mass is 79.9. The van der Waals surface area contributed by atoms with Gasteiger partial charge in [0.1, 0.15) is 5.75 Å². The number of hydrogen-bond acceptors (Lipinski definition) is 2. The Bertz CT molecular complexity index is 383. The van der Waals surface area contributed by atoms with Crippen molar-refractivity contribution in [1.82, 2.24) is 0 Å². The van der Waals surface area contributed by atoms with Gasteiger partial charge in [0, 0.05) is 5.54 Å². The third-order valence-electron chi connectivity index (χ3n) is 3.33. The van der Waals surface area contributed by atoms with Crippen LogP contribution in [0.5, 0.6) is 5.75 Å². The molecule has 1 aromatic carbocycles. The lowest BCUT2D eigenvalue weighted by molar-refractivity contribution is 0.450. The molecule has 0 aliphatic heterocycles. The van der Waals surface area contributed by atoms with E-state index < -0.39 is 0 Å². The molecule has 0 radical (unpaired) electrons. The van der Waals surface area contributed by atoms with Crippen LogP contribution in [0.1, 0.15) is 36.8 Å². The van der Waals surface area contributed by atoms with E-state index in [0.29, 0.717) is 0 Å². The topological polar surface area (TPSA) is 46.2 Å². The van der Waals surface area contributed by atoms with Crippen molar-refractivity contribution < 1.29 is 5.11 Å². The summed E-state index contributed by atoms with van der Waals surface area (Å²) in [6.07, 6.45) is 4.50. The lowest BCUT2D eigenvalue weighted by Gasteiger charge is -2.26. The van der Waals surface area contributed by atoms with Gasteiger partial charge in [0.25, 0.3) is 0 Å². The molecule has 2 rings (SSSR count). The fourth-order valence-electron chi connectivity index (χ4n) is 2.48. The SMILES string of the molecule is Cc1cc(O)c(Br)cc1C1(N)CCCC1. The summed E-state index contributed by atoms with van der Waals surface area (Å²) in [5, 5.41) is 9.56. The summed E-state index contributed by atoms with van der Waals surface area (Å²) in [4.78, 5) is 0. The van der Waals surface area contributed by atoms with Crippen molar-refractivity contribution in [2.45, 2.75) is 38.1 Å². The number of rotatable bonds is 1. The predicted molar refractivity (Wildman–Crippen MR) is 64.9 cm³/mol. The largest absolute Gasteiger partial charge is 0.507 e. The minimum atomic E-state index is -0.180. The van der Waals surface area contributed by atoms with E-state index >= 15 is 0 Å². The van der Waals surface area contributed by atoms with E-state index in [1.54, 1.807) is 6.07 Å². The molecule has 0 aromatic heterocycles. The van der Waals surface area contributed by atoms with Crippen LogP contribution < -0.4 is 5.73 Å². The summed E-state index contributed by atoms with van der Waals surface area (Å²) in [6, 6.07) is 3.75. The van der Waals surface area contributed by atoms with Crippen LogP contribution in [0, 0.1) is 6.92 Å². The fourth-order valence-corrected chi connectivity index (χ4v) is 2.82. The highest BCUT2D eigenvalue weighted by Gasteiger charge is 2.32. The molecule has 0 unspecified atom stereocenters. The van der Waals surface area contributed by atoms with E-state index in [4.69, 9.17) is 5.73 Å². The van der Waals surface area contributed by atoms with Crippen molar-refractivity contribution in [2.75, 3.05) is 0 Å². The van der Waals surface area contributed by atoms with Crippen molar-refractivity contribution in [3.63, 3.8) is 0 Å². The third-order valence-corrected chi connectivity index (χ3v) is 3.96. The minimum Gasteiger partial charge on any atom is -0.507 e. The summed E-state index contributed by atoms with van der Waals surface area (Å²) >= 11 is 3.35. The van der Waals surface area contributed by atoms with Crippen LogP contribution in [0.2, 0.25) is 0 Å². The van der Waals surface area contributed by atoms with Gasteiger partial charge in [-0.15, -0.1) is 0 Å². The van der Waals surface area contributed by atoms with Crippen LogP contribution in [-0.2, 0) is 5.54 Å². The first kappa shape index (κ1) is 11.0. The van der Waals surface area contributed by atoms with E-state index in [0.717, 1.165) is 22.9 Å². The summed E-state index contributed by atoms with van der Waals surface area (Å²) in [7, 11) is 0. The molecule has 0 saturated heterocycles. The van der Waals surface area contributed by atoms with Gasteiger partial charge in [0.15, 0.2) is 0 Å². The second-order valence-corrected chi connectivity index (χ2v) is 5.34. The molecule has 0 amide bonds. The van der Waals surface area contributed by atoms with Gasteiger partial charge in [-0.3, -0.25) is 0 Å². The molecular weight excluding hydrogens is 254 g/mol. The number of aryl methyl sites for hydroxylation is 1. The Morgan fingerprint density at radius 1 is 1.33 bits per heavy atom. The molecule has 0 bridgehead atoms. The van der Waals surface area contributed by atoms with Gasteiger partial charge in [-0.1, -0.05) is 12.8 Å². The van der Waals surface area contributed by atoms with Gasteiger partial charge >= 0.3 is 0 Å². The Kier molecular flexibility index (Phi) is 2.77. The van der Waals surface area contributed by atoms with Crippen LogP contribution in [-0.4, -0.2) is 5.11 Å². The zero-order valence-corrected chi connectivity index (χ0v) is 10.5. The zero-order chi connectivity index (χ0) is 11.1. The lowest BCUT2D eigenvalue weighted by Crippen LogP contribution is -2.33. The first-order chi connectivity index (χ1) is 7.03. The van der Waals surface area contributed by atoms with Crippen molar-refractivity contribution in [1.29, 1.82) is 0 Å². The van der Waals surface area contributed by atoms with E-state index in [2.05, 4.69) is 15.9 Å². The fraction of sp³-hybridized carbons (Fsp3) is 0.500. The molecule has 3 heteroatoms. The molecule has 0 spiro atoms. The number of nitrogens with two attached hydrogens (primary N) is 1. The summed E-state index contributed by atoms with van der Waals surface area (Å²) in [5.41, 5.74) is 8.47. The quantitative estimate of drug-likeness (QED) is 0.823. The lowest BCUT2D eigenvalue weighted by atomic mass is 9.86. The van der Waals surface area contributed by atoms with Crippen LogP contribution in [0.3, 0.4) is 0 Å². The number of phenols is 1. The average Bonchev–Trinajstić information content (AvgIpc) is 2.60. The Morgan fingerprint density at radius 3 is 2.53 bits per heavy atom. The van der Waals surface area contributed by atoms with Crippen LogP contribution in [0.25, 0.3) is 0 Å². The van der Waals surface area contributed by atoms with E-state index in [-0.39, 0.29) is 11.3 Å². The molecule has 0 heterocycles. The Morgan fingerprint density at radius 2 is 1.93 bits per heavy atom. The van der Waals surface area contributed by atoms with Crippen molar-refractivity contribution >= 4 is 15.9 Å². The molecule has 1 saturated carbocycles. The van der Waals surface area contributed by atoms with Gasteiger partial charge in [0.2, 0.25) is 0 Å². The summed E-state index contributed by atoms with van der Waals surface area (Å²) in [6.45, 7) is 2.01. The predicted octanol–water partition coefficient (Wildman–Crippen LogP) is 3.19. The van der Waals surface area contributed by atoms with E-state index in [1.807, 2.05) is 13.0 Å². The van der Waals surface area contributed by atoms with E-state index in [1.165, 1.54) is 18.4 Å². The summed E-state index contributed by atoms with van der Waals surface area (Å²) in [5.74, 6) is 0.290. The van der Waals surface area contributed by atoms with Crippen LogP contribution in [0.15, 0.2) is 16.6 Å². The molecule has 15 heavy (non-hydrogen) atoms. The number of phenolic OH excluding ortho intramolecular Hbond substituents is 1. The minimum absolute atomic E-state index is 0.180.